The van der Waals surface area contributed by atoms with Crippen molar-refractivity contribution in [1.29, 1.82) is 0 Å². The fourth-order valence-corrected chi connectivity index (χ4v) is 4.91. The van der Waals surface area contributed by atoms with Gasteiger partial charge in [0.2, 0.25) is 11.8 Å². The lowest BCUT2D eigenvalue weighted by molar-refractivity contribution is -0.113. The van der Waals surface area contributed by atoms with Crippen LogP contribution in [0.2, 0.25) is 0 Å². The van der Waals surface area contributed by atoms with Gasteiger partial charge in [0.25, 0.3) is 0 Å². The summed E-state index contributed by atoms with van der Waals surface area (Å²) in [5.74, 6) is 2.29. The summed E-state index contributed by atoms with van der Waals surface area (Å²) in [5.41, 5.74) is 1.69. The second-order valence-corrected chi connectivity index (χ2v) is 9.98. The third-order valence-electron chi connectivity index (χ3n) is 6.16. The van der Waals surface area contributed by atoms with E-state index < -0.39 is 6.09 Å². The van der Waals surface area contributed by atoms with Crippen molar-refractivity contribution in [1.82, 2.24) is 25.3 Å². The number of carbonyl (C=O) groups excluding carboxylic acids is 2. The van der Waals surface area contributed by atoms with E-state index in [-0.39, 0.29) is 18.1 Å². The molecule has 38 heavy (non-hydrogen) atoms. The van der Waals surface area contributed by atoms with Crippen LogP contribution < -0.4 is 20.3 Å². The van der Waals surface area contributed by atoms with Crippen LogP contribution in [-0.2, 0) is 20.8 Å². The highest BCUT2D eigenvalue weighted by atomic mass is 32.2. The van der Waals surface area contributed by atoms with Gasteiger partial charge in [-0.1, -0.05) is 0 Å². The first-order chi connectivity index (χ1) is 18.6. The number of hydrogen-bond acceptors (Lipinski definition) is 11. The van der Waals surface area contributed by atoms with Crippen molar-refractivity contribution < 1.29 is 23.8 Å². The van der Waals surface area contributed by atoms with Crippen LogP contribution in [0.1, 0.15) is 12.1 Å². The molecular formula is C25H25N7O5S. The summed E-state index contributed by atoms with van der Waals surface area (Å²) >= 11 is 1.43. The lowest BCUT2D eigenvalue weighted by atomic mass is 10.2. The Hall–Kier alpha value is -3.81. The van der Waals surface area contributed by atoms with Crippen LogP contribution in [0.25, 0.3) is 11.4 Å². The molecule has 3 aromatic heterocycles. The lowest BCUT2D eigenvalue weighted by Crippen LogP contribution is -2.38. The molecule has 0 unspecified atom stereocenters. The Morgan fingerprint density at radius 2 is 2.03 bits per heavy atom. The maximum atomic E-state index is 12.5. The maximum absolute atomic E-state index is 12.5. The molecule has 0 spiro atoms. The molecule has 2 amide bonds. The van der Waals surface area contributed by atoms with Gasteiger partial charge in [-0.05, 0) is 37.2 Å². The normalized spacial score (nSPS) is 18.9. The summed E-state index contributed by atoms with van der Waals surface area (Å²) in [6, 6.07) is 9.18. The molecular weight excluding hydrogens is 510 g/mol. The van der Waals surface area contributed by atoms with Crippen molar-refractivity contribution in [3.63, 3.8) is 0 Å². The number of rotatable bonds is 9. The molecule has 2 N–H and O–H groups in total. The lowest BCUT2D eigenvalue weighted by Gasteiger charge is -2.26. The number of fused-ring (bicyclic) bond motifs is 1. The second-order valence-electron chi connectivity index (χ2n) is 8.97. The minimum absolute atomic E-state index is 0.0391. The van der Waals surface area contributed by atoms with Crippen molar-refractivity contribution in [2.75, 3.05) is 42.3 Å². The number of ether oxygens (including phenoxy) is 3. The predicted molar refractivity (Wildman–Crippen MR) is 138 cm³/mol. The fourth-order valence-electron chi connectivity index (χ4n) is 4.16. The van der Waals surface area contributed by atoms with E-state index in [9.17, 15) is 9.59 Å². The molecule has 2 saturated heterocycles. The van der Waals surface area contributed by atoms with Gasteiger partial charge in [0, 0.05) is 30.6 Å². The van der Waals surface area contributed by atoms with Crippen molar-refractivity contribution in [2.45, 2.75) is 30.1 Å². The van der Waals surface area contributed by atoms with Gasteiger partial charge in [0.1, 0.15) is 23.8 Å². The Balaban J connectivity index is 1.00. The van der Waals surface area contributed by atoms with E-state index in [0.29, 0.717) is 68.4 Å². The first-order valence-electron chi connectivity index (χ1n) is 12.3. The summed E-state index contributed by atoms with van der Waals surface area (Å²) in [6.07, 6.45) is 3.36. The molecule has 6 rings (SSSR count). The standard InChI is InChI=1S/C25H25N7O5S/c33-21-14-38-19-1-2-20(29-24(19)30-21)32-11-17(37-25(32)34)4-6-26-10-16-9-15(3-7-27-16)23-28-8-5-22(31-23)36-18-12-35-13-18/h1-3,5,7-9,17-18,26H,4,6,10-14H2,(H,29,30,33)/t17-/m0/s1. The maximum Gasteiger partial charge on any atom is 0.415 e. The van der Waals surface area contributed by atoms with Crippen molar-refractivity contribution in [3.05, 3.63) is 48.4 Å². The number of aromatic nitrogens is 4. The van der Waals surface area contributed by atoms with Gasteiger partial charge in [-0.3, -0.25) is 14.7 Å². The van der Waals surface area contributed by atoms with Crippen molar-refractivity contribution in [3.8, 4) is 17.3 Å². The van der Waals surface area contributed by atoms with E-state index >= 15 is 0 Å². The molecule has 3 aliphatic rings. The van der Waals surface area contributed by atoms with Crippen molar-refractivity contribution >= 4 is 35.4 Å². The number of nitrogens with zero attached hydrogens (tertiary/aromatic N) is 5. The zero-order valence-corrected chi connectivity index (χ0v) is 21.1. The molecule has 0 radical (unpaired) electrons. The third-order valence-corrected chi connectivity index (χ3v) is 7.21. The number of thioether (sulfide) groups is 1. The highest BCUT2D eigenvalue weighted by Gasteiger charge is 2.33. The van der Waals surface area contributed by atoms with Crippen LogP contribution in [0, 0.1) is 0 Å². The Bertz CT molecular complexity index is 1360. The largest absolute Gasteiger partial charge is 0.469 e. The molecule has 2 fully saturated rings. The third kappa shape index (κ3) is 5.54. The molecule has 196 valence electrons. The number of cyclic esters (lactones) is 1. The van der Waals surface area contributed by atoms with Crippen LogP contribution in [0.5, 0.6) is 5.88 Å². The van der Waals surface area contributed by atoms with E-state index in [1.807, 2.05) is 18.2 Å². The molecule has 0 saturated carbocycles. The molecule has 0 bridgehead atoms. The van der Waals surface area contributed by atoms with E-state index in [2.05, 4.69) is 30.6 Å². The van der Waals surface area contributed by atoms with E-state index in [1.165, 1.54) is 16.7 Å². The summed E-state index contributed by atoms with van der Waals surface area (Å²) in [5, 5.41) is 6.11. The SMILES string of the molecule is O=C1CSc2ccc(N3C[C@H](CCNCc4cc(-c5nccc(OC6COC6)n5)ccn4)OC3=O)nc2N1. The second kappa shape index (κ2) is 10.9. The molecule has 6 heterocycles. The van der Waals surface area contributed by atoms with Gasteiger partial charge in [0.05, 0.1) is 36.1 Å². The summed E-state index contributed by atoms with van der Waals surface area (Å²) in [7, 11) is 0. The van der Waals surface area contributed by atoms with Crippen LogP contribution in [-0.4, -0.2) is 76.2 Å². The predicted octanol–water partition coefficient (Wildman–Crippen LogP) is 2.26. The minimum Gasteiger partial charge on any atom is -0.469 e. The van der Waals surface area contributed by atoms with Gasteiger partial charge in [-0.25, -0.2) is 14.8 Å². The minimum atomic E-state index is -0.442. The molecule has 1 atom stereocenters. The molecule has 3 aliphatic heterocycles. The molecule has 13 heteroatoms. The van der Waals surface area contributed by atoms with Crippen molar-refractivity contribution in [2.24, 2.45) is 0 Å². The zero-order chi connectivity index (χ0) is 25.9. The summed E-state index contributed by atoms with van der Waals surface area (Å²) in [6.45, 7) is 2.71. The Labute approximate surface area is 222 Å². The molecule has 3 aromatic rings. The van der Waals surface area contributed by atoms with Gasteiger partial charge in [-0.2, -0.15) is 4.98 Å². The molecule has 0 aromatic carbocycles. The smallest absolute Gasteiger partial charge is 0.415 e. The Kier molecular flexibility index (Phi) is 7.03. The highest BCUT2D eigenvalue weighted by molar-refractivity contribution is 8.00. The number of amides is 2. The van der Waals surface area contributed by atoms with E-state index in [0.717, 1.165) is 16.2 Å². The number of nitrogens with one attached hydrogen (secondary N) is 2. The first kappa shape index (κ1) is 24.5. The number of hydrogen-bond donors (Lipinski definition) is 2. The van der Waals surface area contributed by atoms with Gasteiger partial charge >= 0.3 is 6.09 Å². The molecule has 0 aliphatic carbocycles. The highest BCUT2D eigenvalue weighted by Crippen LogP contribution is 2.32. The quantitative estimate of drug-likeness (QED) is 0.390. The number of anilines is 2. The van der Waals surface area contributed by atoms with Gasteiger partial charge in [0.15, 0.2) is 5.82 Å². The van der Waals surface area contributed by atoms with E-state index in [1.54, 1.807) is 24.5 Å². The molecule has 12 nitrogen and oxygen atoms in total. The average Bonchev–Trinajstić information content (AvgIpc) is 3.29. The fraction of sp³-hybridized carbons (Fsp3) is 0.360. The number of pyridine rings is 2. The Morgan fingerprint density at radius 1 is 1.13 bits per heavy atom. The van der Waals surface area contributed by atoms with Crippen LogP contribution in [0.4, 0.5) is 16.4 Å². The monoisotopic (exact) mass is 535 g/mol. The van der Waals surface area contributed by atoms with Crippen LogP contribution in [0.3, 0.4) is 0 Å². The topological polar surface area (TPSA) is 141 Å². The Morgan fingerprint density at radius 3 is 2.89 bits per heavy atom. The van der Waals surface area contributed by atoms with Crippen LogP contribution in [0.15, 0.2) is 47.6 Å². The van der Waals surface area contributed by atoms with Crippen LogP contribution >= 0.6 is 11.8 Å². The average molecular weight is 536 g/mol. The first-order valence-corrected chi connectivity index (χ1v) is 13.2. The van der Waals surface area contributed by atoms with Gasteiger partial charge in [-0.15, -0.1) is 11.8 Å². The van der Waals surface area contributed by atoms with E-state index in [4.69, 9.17) is 14.2 Å². The van der Waals surface area contributed by atoms with Gasteiger partial charge < -0.3 is 24.8 Å². The zero-order valence-electron chi connectivity index (χ0n) is 20.3. The number of carbonyl (C=O) groups is 2. The summed E-state index contributed by atoms with van der Waals surface area (Å²) in [4.78, 5) is 44.3. The summed E-state index contributed by atoms with van der Waals surface area (Å²) < 4.78 is 16.5.